The molecule has 4 aromatic carbocycles. The number of esters is 1. The Kier molecular flexibility index (Phi) is 15.7. The van der Waals surface area contributed by atoms with Gasteiger partial charge in [-0.15, -0.1) is 0 Å². The number of aryl methyl sites for hydroxylation is 1. The first-order valence-electron chi connectivity index (χ1n) is 28.5. The molecule has 7 aliphatic rings. The molecule has 5 heterocycles. The lowest BCUT2D eigenvalue weighted by Crippen LogP contribution is -2.63. The van der Waals surface area contributed by atoms with Gasteiger partial charge in [0.05, 0.1) is 71.4 Å². The molecule has 12 rings (SSSR count). The number of hydrogen-bond donors (Lipinski definition) is 5. The summed E-state index contributed by atoms with van der Waals surface area (Å²) in [6.45, 7) is 11.6. The number of amides is 2. The molecule has 13 atom stereocenters. The van der Waals surface area contributed by atoms with E-state index in [1.165, 1.54) is 20.6 Å². The van der Waals surface area contributed by atoms with Crippen LogP contribution in [0.2, 0.25) is 5.02 Å². The standard InChI is InChI=1S/C62H72ClN5O15/c1-31-8-10-33(11-9-31)26-68-43(23-42(67-68)57(72)66-60-61(3,4)37-14-16-62(60,5)24-37)34-12-13-41(63)36(18-34)25-64-29-65-49(69)15-17-76-55-46(74-6)19-35(20-47(55)75-7)50-38-21-44-45(80-30-79-44)22-39(38)54(40-27-78-58(73)51(40)50)83-59-53(71)52(70)56-48(82-59)28-77-32(2)81-56/h8-13,18-23,32,37,40,48,50-54,56,59-60,64,70-71H,14-17,24-30H2,1-7H3,(H,65,69)(H,66,72)/t32?,37?,40-,48?,50+,51-,52?,53?,54+,56?,59?,60?,62?/m0/s1. The lowest BCUT2D eigenvalue weighted by Gasteiger charge is -2.47. The van der Waals surface area contributed by atoms with Gasteiger partial charge in [-0.05, 0) is 120 Å². The van der Waals surface area contributed by atoms with Crippen LogP contribution in [0, 0.1) is 35.5 Å². The molecule has 2 bridgehead atoms. The van der Waals surface area contributed by atoms with Gasteiger partial charge in [-0.1, -0.05) is 68.3 Å². The predicted molar refractivity (Wildman–Crippen MR) is 300 cm³/mol. The average molecular weight is 1160 g/mol. The van der Waals surface area contributed by atoms with E-state index in [-0.39, 0.29) is 74.1 Å². The molecule has 5 aromatic rings. The fourth-order valence-electron chi connectivity index (χ4n) is 14.0. The van der Waals surface area contributed by atoms with Gasteiger partial charge in [-0.3, -0.25) is 24.4 Å². The molecule has 3 saturated heterocycles. The predicted octanol–water partition coefficient (Wildman–Crippen LogP) is 7.08. The van der Waals surface area contributed by atoms with Gasteiger partial charge in [0.2, 0.25) is 18.4 Å². The van der Waals surface area contributed by atoms with E-state index in [1.807, 2.05) is 41.9 Å². The minimum absolute atomic E-state index is 0.00162. The molecule has 4 aliphatic heterocycles. The van der Waals surface area contributed by atoms with Crippen molar-refractivity contribution in [1.82, 2.24) is 25.7 Å². The molecular formula is C62H72ClN5O15. The van der Waals surface area contributed by atoms with Crippen LogP contribution in [-0.2, 0) is 46.4 Å². The van der Waals surface area contributed by atoms with Crippen molar-refractivity contribution in [2.45, 2.75) is 128 Å². The summed E-state index contributed by atoms with van der Waals surface area (Å²) in [5, 5.41) is 37.6. The number of nitrogens with zero attached hydrogens (tertiary/aromatic N) is 2. The minimum Gasteiger partial charge on any atom is -0.493 e. The van der Waals surface area contributed by atoms with Crippen LogP contribution in [0.3, 0.4) is 0 Å². The Bertz CT molecular complexity index is 3250. The van der Waals surface area contributed by atoms with Crippen LogP contribution in [0.25, 0.3) is 11.3 Å². The number of cyclic esters (lactones) is 1. The van der Waals surface area contributed by atoms with Gasteiger partial charge < -0.3 is 68.2 Å². The molecule has 3 aliphatic carbocycles. The number of aliphatic hydroxyl groups is 2. The van der Waals surface area contributed by atoms with E-state index in [1.54, 1.807) is 25.1 Å². The summed E-state index contributed by atoms with van der Waals surface area (Å²) >= 11 is 6.79. The minimum atomic E-state index is -1.49. The molecule has 83 heavy (non-hydrogen) atoms. The Balaban J connectivity index is 0.706. The molecule has 9 unspecified atom stereocenters. The quantitative estimate of drug-likeness (QED) is 0.0335. The first-order chi connectivity index (χ1) is 39.9. The van der Waals surface area contributed by atoms with Crippen molar-refractivity contribution in [3.05, 3.63) is 117 Å². The number of aliphatic hydroxyl groups excluding tert-OH is 2. The van der Waals surface area contributed by atoms with Crippen LogP contribution in [-0.4, -0.2) is 128 Å². The zero-order chi connectivity index (χ0) is 58.1. The summed E-state index contributed by atoms with van der Waals surface area (Å²) < 4.78 is 61.6. The number of aromatic nitrogens is 2. The van der Waals surface area contributed by atoms with Gasteiger partial charge in [-0.2, -0.15) is 5.10 Å². The highest BCUT2D eigenvalue weighted by Gasteiger charge is 2.60. The number of fused-ring (bicyclic) bond motifs is 6. The SMILES string of the molecule is COc1cc([C@@H]2c3cc4c(cc3[C@@H](OC3OC5COC(C)OC5C(O)C3O)[C@H]3COC(=O)[C@H]23)OCO4)cc(OC)c1OCCC(=O)NCNCc1cc(-c2cc(C(=O)NC3C4(C)CCC(C4)C3(C)C)nn2Cc2ccc(C)cc2)ccc1Cl. The van der Waals surface area contributed by atoms with Gasteiger partial charge in [0.15, 0.2) is 41.3 Å². The fraction of sp³-hybridized carbons (Fsp3) is 0.516. The van der Waals surface area contributed by atoms with Crippen LogP contribution in [0.1, 0.15) is 109 Å². The first kappa shape index (κ1) is 57.0. The normalized spacial score (nSPS) is 29.8. The Hall–Kier alpha value is -6.49. The van der Waals surface area contributed by atoms with Crippen molar-refractivity contribution >= 4 is 29.4 Å². The largest absolute Gasteiger partial charge is 0.493 e. The van der Waals surface area contributed by atoms with Gasteiger partial charge >= 0.3 is 5.97 Å². The number of carbonyl (C=O) groups is 3. The number of halogens is 1. The number of ether oxygens (including phenoxy) is 10. The van der Waals surface area contributed by atoms with E-state index in [0.717, 1.165) is 40.8 Å². The van der Waals surface area contributed by atoms with Crippen LogP contribution in [0.5, 0.6) is 28.7 Å². The maximum absolute atomic E-state index is 14.1. The number of nitrogens with one attached hydrogen (secondary N) is 3. The van der Waals surface area contributed by atoms with Crippen LogP contribution >= 0.6 is 11.6 Å². The summed E-state index contributed by atoms with van der Waals surface area (Å²) in [6, 6.07) is 23.1. The van der Waals surface area contributed by atoms with Crippen molar-refractivity contribution in [3.8, 4) is 40.0 Å². The van der Waals surface area contributed by atoms with E-state index in [2.05, 4.69) is 61.0 Å². The Morgan fingerprint density at radius 3 is 2.37 bits per heavy atom. The highest BCUT2D eigenvalue weighted by atomic mass is 35.5. The Morgan fingerprint density at radius 2 is 1.65 bits per heavy atom. The fourth-order valence-corrected chi connectivity index (χ4v) is 14.2. The number of hydrogen-bond acceptors (Lipinski definition) is 17. The smallest absolute Gasteiger partial charge is 0.310 e. The second kappa shape index (κ2) is 22.8. The van der Waals surface area contributed by atoms with E-state index in [4.69, 9.17) is 64.1 Å². The number of benzene rings is 4. The number of carbonyl (C=O) groups excluding carboxylic acids is 3. The number of methoxy groups -OCH3 is 2. The maximum atomic E-state index is 14.1. The Labute approximate surface area is 486 Å². The van der Waals surface area contributed by atoms with Crippen molar-refractivity contribution in [2.75, 3.05) is 47.5 Å². The average Bonchev–Trinajstić information content (AvgIpc) is 4.51. The molecular weight excluding hydrogens is 1090 g/mol. The highest BCUT2D eigenvalue weighted by molar-refractivity contribution is 6.31. The van der Waals surface area contributed by atoms with E-state index in [0.29, 0.717) is 69.4 Å². The van der Waals surface area contributed by atoms with Gasteiger partial charge in [0, 0.05) is 35.0 Å². The lowest BCUT2D eigenvalue weighted by molar-refractivity contribution is -0.364. The second-order valence-corrected chi connectivity index (χ2v) is 24.4. The third-order valence-electron chi connectivity index (χ3n) is 18.4. The number of rotatable bonds is 18. The molecule has 5 N–H and O–H groups in total. The second-order valence-electron chi connectivity index (χ2n) is 24.0. The van der Waals surface area contributed by atoms with Crippen LogP contribution < -0.4 is 39.6 Å². The maximum Gasteiger partial charge on any atom is 0.310 e. The summed E-state index contributed by atoms with van der Waals surface area (Å²) in [4.78, 5) is 41.4. The van der Waals surface area contributed by atoms with Crippen molar-refractivity contribution in [2.24, 2.45) is 28.6 Å². The molecule has 2 saturated carbocycles. The zero-order valence-electron chi connectivity index (χ0n) is 47.6. The topological polar surface area (TPSA) is 238 Å². The van der Waals surface area contributed by atoms with E-state index in [9.17, 15) is 24.6 Å². The summed E-state index contributed by atoms with van der Waals surface area (Å²) in [7, 11) is 2.98. The van der Waals surface area contributed by atoms with E-state index < -0.39 is 66.8 Å². The molecule has 0 spiro atoms. The monoisotopic (exact) mass is 1160 g/mol. The molecule has 20 nitrogen and oxygen atoms in total. The molecule has 0 radical (unpaired) electrons. The first-order valence-corrected chi connectivity index (χ1v) is 28.9. The van der Waals surface area contributed by atoms with Crippen molar-refractivity contribution < 1.29 is 72.0 Å². The Morgan fingerprint density at radius 1 is 0.904 bits per heavy atom. The zero-order valence-corrected chi connectivity index (χ0v) is 48.4. The summed E-state index contributed by atoms with van der Waals surface area (Å²) in [6.07, 6.45) is -3.76. The molecule has 21 heteroatoms. The third-order valence-corrected chi connectivity index (χ3v) is 18.7. The highest BCUT2D eigenvalue weighted by Crippen LogP contribution is 2.63. The van der Waals surface area contributed by atoms with Crippen LogP contribution in [0.15, 0.2) is 72.8 Å². The van der Waals surface area contributed by atoms with Gasteiger partial charge in [-0.25, -0.2) is 0 Å². The lowest BCUT2D eigenvalue weighted by atomic mass is 9.66. The third kappa shape index (κ3) is 10.8. The molecule has 1 aromatic heterocycles. The van der Waals surface area contributed by atoms with Gasteiger partial charge in [0.1, 0.15) is 24.4 Å². The van der Waals surface area contributed by atoms with Crippen molar-refractivity contribution in [1.29, 1.82) is 0 Å². The van der Waals surface area contributed by atoms with E-state index >= 15 is 0 Å². The summed E-state index contributed by atoms with van der Waals surface area (Å²) in [5.74, 6) is -0.584. The molecule has 5 fully saturated rings. The van der Waals surface area contributed by atoms with Gasteiger partial charge in [0.25, 0.3) is 5.91 Å². The molecule has 2 amide bonds. The van der Waals surface area contributed by atoms with Crippen LogP contribution in [0.4, 0.5) is 0 Å². The summed E-state index contributed by atoms with van der Waals surface area (Å²) in [5.41, 5.74) is 6.96. The van der Waals surface area contributed by atoms with Crippen molar-refractivity contribution in [3.63, 3.8) is 0 Å². The molecule has 442 valence electrons.